The van der Waals surface area contributed by atoms with Crippen LogP contribution < -0.4 is 0 Å². The third-order valence-electron chi connectivity index (χ3n) is 1.45. The SMILES string of the molecule is COC(=O)c1sc(C)cc1CBr. The summed E-state index contributed by atoms with van der Waals surface area (Å²) in [6.07, 6.45) is 0. The molecule has 66 valence electrons. The molecule has 0 aliphatic rings. The number of rotatable bonds is 2. The third-order valence-corrected chi connectivity index (χ3v) is 3.12. The van der Waals surface area contributed by atoms with Crippen molar-refractivity contribution in [3.05, 3.63) is 21.4 Å². The van der Waals surface area contributed by atoms with E-state index in [2.05, 4.69) is 20.7 Å². The number of alkyl halides is 1. The second-order valence-corrected chi connectivity index (χ2v) is 4.15. The van der Waals surface area contributed by atoms with Crippen LogP contribution in [-0.4, -0.2) is 13.1 Å². The van der Waals surface area contributed by atoms with Crippen LogP contribution in [-0.2, 0) is 10.1 Å². The van der Waals surface area contributed by atoms with Gasteiger partial charge in [0, 0.05) is 10.2 Å². The van der Waals surface area contributed by atoms with E-state index in [1.807, 2.05) is 13.0 Å². The highest BCUT2D eigenvalue weighted by Gasteiger charge is 2.13. The second kappa shape index (κ2) is 4.05. The maximum atomic E-state index is 11.2. The van der Waals surface area contributed by atoms with Gasteiger partial charge < -0.3 is 4.74 Å². The van der Waals surface area contributed by atoms with Crippen LogP contribution >= 0.6 is 27.3 Å². The van der Waals surface area contributed by atoms with E-state index in [0.29, 0.717) is 10.2 Å². The van der Waals surface area contributed by atoms with Crippen LogP contribution in [0.1, 0.15) is 20.1 Å². The summed E-state index contributed by atoms with van der Waals surface area (Å²) in [6.45, 7) is 1.98. The zero-order chi connectivity index (χ0) is 9.14. The zero-order valence-corrected chi connectivity index (χ0v) is 9.29. The van der Waals surface area contributed by atoms with E-state index in [1.54, 1.807) is 0 Å². The number of hydrogen-bond donors (Lipinski definition) is 0. The fourth-order valence-electron chi connectivity index (χ4n) is 0.932. The standard InChI is InChI=1S/C8H9BrO2S/c1-5-3-6(4-9)7(12-5)8(10)11-2/h3H,4H2,1-2H3. The Bertz CT molecular complexity index is 293. The zero-order valence-electron chi connectivity index (χ0n) is 6.89. The first kappa shape index (κ1) is 9.74. The molecule has 0 unspecified atom stereocenters. The van der Waals surface area contributed by atoms with Gasteiger partial charge in [0.1, 0.15) is 4.88 Å². The summed E-state index contributed by atoms with van der Waals surface area (Å²) in [6, 6.07) is 1.99. The van der Waals surface area contributed by atoms with Crippen LogP contribution in [0.3, 0.4) is 0 Å². The topological polar surface area (TPSA) is 26.3 Å². The summed E-state index contributed by atoms with van der Waals surface area (Å²) in [5.41, 5.74) is 1.00. The molecule has 1 heterocycles. The van der Waals surface area contributed by atoms with Crippen molar-refractivity contribution in [1.82, 2.24) is 0 Å². The first-order valence-corrected chi connectivity index (χ1v) is 5.36. The highest BCUT2D eigenvalue weighted by Crippen LogP contribution is 2.24. The Kier molecular flexibility index (Phi) is 3.29. The van der Waals surface area contributed by atoms with Gasteiger partial charge in [0.05, 0.1) is 7.11 Å². The molecule has 0 saturated carbocycles. The Labute approximate surface area is 83.7 Å². The molecule has 1 aromatic rings. The monoisotopic (exact) mass is 248 g/mol. The van der Waals surface area contributed by atoms with Crippen LogP contribution in [0.2, 0.25) is 0 Å². The number of thiophene rings is 1. The molecule has 1 aromatic heterocycles. The lowest BCUT2D eigenvalue weighted by atomic mass is 10.3. The Morgan fingerprint density at radius 3 is 2.92 bits per heavy atom. The number of halogens is 1. The van der Waals surface area contributed by atoms with E-state index in [4.69, 9.17) is 0 Å². The van der Waals surface area contributed by atoms with Crippen molar-refractivity contribution in [3.8, 4) is 0 Å². The van der Waals surface area contributed by atoms with Crippen molar-refractivity contribution in [2.75, 3.05) is 7.11 Å². The summed E-state index contributed by atoms with van der Waals surface area (Å²) in [5, 5.41) is 0.696. The van der Waals surface area contributed by atoms with Gasteiger partial charge >= 0.3 is 5.97 Å². The lowest BCUT2D eigenvalue weighted by molar-refractivity contribution is 0.0605. The van der Waals surface area contributed by atoms with Crippen molar-refractivity contribution in [3.63, 3.8) is 0 Å². The fraction of sp³-hybridized carbons (Fsp3) is 0.375. The molecule has 0 aliphatic carbocycles. The molecular formula is C8H9BrO2S. The van der Waals surface area contributed by atoms with Gasteiger partial charge in [-0.1, -0.05) is 15.9 Å². The highest BCUT2D eigenvalue weighted by molar-refractivity contribution is 9.08. The molecule has 0 radical (unpaired) electrons. The predicted octanol–water partition coefficient (Wildman–Crippen LogP) is 2.74. The molecule has 1 rings (SSSR count). The van der Waals surface area contributed by atoms with E-state index in [0.717, 1.165) is 10.4 Å². The van der Waals surface area contributed by atoms with Crippen molar-refractivity contribution in [2.24, 2.45) is 0 Å². The average Bonchev–Trinajstić information content (AvgIpc) is 2.45. The summed E-state index contributed by atoms with van der Waals surface area (Å²) in [4.78, 5) is 13.0. The smallest absolute Gasteiger partial charge is 0.348 e. The fourth-order valence-corrected chi connectivity index (χ4v) is 2.51. The number of ether oxygens (including phenoxy) is 1. The Morgan fingerprint density at radius 1 is 1.75 bits per heavy atom. The maximum absolute atomic E-state index is 11.2. The number of carbonyl (C=O) groups is 1. The highest BCUT2D eigenvalue weighted by atomic mass is 79.9. The van der Waals surface area contributed by atoms with Crippen LogP contribution in [0, 0.1) is 6.92 Å². The first-order chi connectivity index (χ1) is 5.69. The minimum atomic E-state index is -0.248. The molecule has 12 heavy (non-hydrogen) atoms. The van der Waals surface area contributed by atoms with Gasteiger partial charge in [-0.15, -0.1) is 11.3 Å². The number of carbonyl (C=O) groups excluding carboxylic acids is 1. The van der Waals surface area contributed by atoms with Gasteiger partial charge in [0.25, 0.3) is 0 Å². The summed E-state index contributed by atoms with van der Waals surface area (Å²) >= 11 is 4.79. The number of esters is 1. The Balaban J connectivity index is 3.04. The molecule has 0 aliphatic heterocycles. The molecule has 0 spiro atoms. The maximum Gasteiger partial charge on any atom is 0.348 e. The molecule has 0 aromatic carbocycles. The summed E-state index contributed by atoms with van der Waals surface area (Å²) in [5.74, 6) is -0.248. The third kappa shape index (κ3) is 1.87. The van der Waals surface area contributed by atoms with Crippen molar-refractivity contribution < 1.29 is 9.53 Å². The van der Waals surface area contributed by atoms with E-state index in [9.17, 15) is 4.79 Å². The molecule has 4 heteroatoms. The number of methoxy groups -OCH3 is 1. The van der Waals surface area contributed by atoms with Gasteiger partial charge in [0.15, 0.2) is 0 Å². The lowest BCUT2D eigenvalue weighted by Crippen LogP contribution is -2.00. The molecular weight excluding hydrogens is 240 g/mol. The van der Waals surface area contributed by atoms with Gasteiger partial charge in [-0.25, -0.2) is 4.79 Å². The predicted molar refractivity (Wildman–Crippen MR) is 53.0 cm³/mol. The first-order valence-electron chi connectivity index (χ1n) is 3.42. The Hall–Kier alpha value is -0.350. The molecule has 0 bridgehead atoms. The molecule has 0 fully saturated rings. The second-order valence-electron chi connectivity index (χ2n) is 2.34. The minimum Gasteiger partial charge on any atom is -0.465 e. The minimum absolute atomic E-state index is 0.248. The van der Waals surface area contributed by atoms with E-state index >= 15 is 0 Å². The van der Waals surface area contributed by atoms with E-state index in [1.165, 1.54) is 18.4 Å². The number of hydrogen-bond acceptors (Lipinski definition) is 3. The van der Waals surface area contributed by atoms with Crippen molar-refractivity contribution in [1.29, 1.82) is 0 Å². The van der Waals surface area contributed by atoms with Crippen LogP contribution in [0.15, 0.2) is 6.07 Å². The summed E-state index contributed by atoms with van der Waals surface area (Å²) < 4.78 is 4.64. The quantitative estimate of drug-likeness (QED) is 0.595. The molecule has 0 saturated heterocycles. The van der Waals surface area contributed by atoms with E-state index < -0.39 is 0 Å². The van der Waals surface area contributed by atoms with Crippen molar-refractivity contribution in [2.45, 2.75) is 12.3 Å². The molecule has 0 N–H and O–H groups in total. The van der Waals surface area contributed by atoms with E-state index in [-0.39, 0.29) is 5.97 Å². The molecule has 2 nitrogen and oxygen atoms in total. The number of aryl methyl sites for hydroxylation is 1. The molecule has 0 amide bonds. The lowest BCUT2D eigenvalue weighted by Gasteiger charge is -1.96. The van der Waals surface area contributed by atoms with Gasteiger partial charge in [-0.2, -0.15) is 0 Å². The largest absolute Gasteiger partial charge is 0.465 e. The van der Waals surface area contributed by atoms with Crippen LogP contribution in [0.4, 0.5) is 0 Å². The van der Waals surface area contributed by atoms with Crippen LogP contribution in [0.25, 0.3) is 0 Å². The van der Waals surface area contributed by atoms with Gasteiger partial charge in [0.2, 0.25) is 0 Å². The van der Waals surface area contributed by atoms with Crippen molar-refractivity contribution >= 4 is 33.2 Å². The molecule has 0 atom stereocenters. The van der Waals surface area contributed by atoms with Gasteiger partial charge in [-0.3, -0.25) is 0 Å². The average molecular weight is 249 g/mol. The van der Waals surface area contributed by atoms with Gasteiger partial charge in [-0.05, 0) is 18.6 Å². The normalized spacial score (nSPS) is 9.92. The van der Waals surface area contributed by atoms with Crippen LogP contribution in [0.5, 0.6) is 0 Å². The summed E-state index contributed by atoms with van der Waals surface area (Å²) in [7, 11) is 1.40. The Morgan fingerprint density at radius 2 is 2.42 bits per heavy atom.